The molecule has 3 aromatic carbocycles. The van der Waals surface area contributed by atoms with Crippen LogP contribution in [0.4, 0.5) is 5.69 Å². The van der Waals surface area contributed by atoms with Crippen molar-refractivity contribution in [2.75, 3.05) is 5.32 Å². The smallest absolute Gasteiger partial charge is 0.256 e. The van der Waals surface area contributed by atoms with Gasteiger partial charge in [0.15, 0.2) is 0 Å². The van der Waals surface area contributed by atoms with E-state index in [0.29, 0.717) is 5.56 Å². The van der Waals surface area contributed by atoms with Crippen molar-refractivity contribution in [3.63, 3.8) is 0 Å². The summed E-state index contributed by atoms with van der Waals surface area (Å²) in [5, 5.41) is 3.84. The van der Waals surface area contributed by atoms with Gasteiger partial charge in [0, 0.05) is 24.7 Å². The molecule has 0 spiro atoms. The SMILES string of the molecule is Cc1cc(Br)cc2c(C(=O)Nc3ccc(I)cc3)cc(-c3ccccc3)nc12. The number of rotatable bonds is 3. The number of benzene rings is 3. The Morgan fingerprint density at radius 3 is 2.43 bits per heavy atom. The molecule has 0 aliphatic rings. The summed E-state index contributed by atoms with van der Waals surface area (Å²) in [6.07, 6.45) is 0. The summed E-state index contributed by atoms with van der Waals surface area (Å²) in [6.45, 7) is 2.01. The van der Waals surface area contributed by atoms with Crippen molar-refractivity contribution in [2.24, 2.45) is 0 Å². The van der Waals surface area contributed by atoms with Crippen molar-refractivity contribution in [3.05, 3.63) is 92.0 Å². The van der Waals surface area contributed by atoms with Crippen molar-refractivity contribution >= 4 is 61.0 Å². The monoisotopic (exact) mass is 542 g/mol. The van der Waals surface area contributed by atoms with Crippen molar-refractivity contribution in [2.45, 2.75) is 6.92 Å². The van der Waals surface area contributed by atoms with Crippen molar-refractivity contribution in [1.29, 1.82) is 0 Å². The van der Waals surface area contributed by atoms with Crippen LogP contribution in [0.2, 0.25) is 0 Å². The van der Waals surface area contributed by atoms with Gasteiger partial charge in [0.2, 0.25) is 0 Å². The maximum atomic E-state index is 13.2. The van der Waals surface area contributed by atoms with Crippen molar-refractivity contribution < 1.29 is 4.79 Å². The zero-order chi connectivity index (χ0) is 19.7. The molecule has 1 N–H and O–H groups in total. The molecule has 138 valence electrons. The lowest BCUT2D eigenvalue weighted by Gasteiger charge is -2.13. The van der Waals surface area contributed by atoms with Crippen LogP contribution < -0.4 is 5.32 Å². The second-order valence-corrected chi connectivity index (χ2v) is 8.66. The van der Waals surface area contributed by atoms with Gasteiger partial charge >= 0.3 is 0 Å². The van der Waals surface area contributed by atoms with Gasteiger partial charge in [-0.3, -0.25) is 4.79 Å². The minimum absolute atomic E-state index is 0.150. The largest absolute Gasteiger partial charge is 0.322 e. The molecular weight excluding hydrogens is 527 g/mol. The molecule has 3 nitrogen and oxygen atoms in total. The number of carbonyl (C=O) groups is 1. The van der Waals surface area contributed by atoms with Crippen LogP contribution in [-0.2, 0) is 0 Å². The summed E-state index contributed by atoms with van der Waals surface area (Å²) < 4.78 is 2.05. The number of halogens is 2. The Labute approximate surface area is 185 Å². The Bertz CT molecular complexity index is 1170. The van der Waals surface area contributed by atoms with Crippen LogP contribution in [0.3, 0.4) is 0 Å². The molecule has 0 unspecified atom stereocenters. The maximum Gasteiger partial charge on any atom is 0.256 e. The normalized spacial score (nSPS) is 10.8. The molecule has 0 aliphatic carbocycles. The van der Waals surface area contributed by atoms with E-state index in [1.54, 1.807) is 0 Å². The predicted octanol–water partition coefficient (Wildman–Crippen LogP) is 6.83. The summed E-state index contributed by atoms with van der Waals surface area (Å²) in [6, 6.07) is 23.5. The summed E-state index contributed by atoms with van der Waals surface area (Å²) in [4.78, 5) is 18.0. The van der Waals surface area contributed by atoms with Crippen LogP contribution in [0.5, 0.6) is 0 Å². The molecule has 28 heavy (non-hydrogen) atoms. The number of hydrogen-bond donors (Lipinski definition) is 1. The highest BCUT2D eigenvalue weighted by molar-refractivity contribution is 14.1. The van der Waals surface area contributed by atoms with Gasteiger partial charge in [-0.15, -0.1) is 0 Å². The first kappa shape index (κ1) is 19.1. The molecule has 0 saturated heterocycles. The summed E-state index contributed by atoms with van der Waals surface area (Å²) >= 11 is 5.79. The molecule has 4 rings (SSSR count). The molecule has 0 fully saturated rings. The first-order valence-corrected chi connectivity index (χ1v) is 10.6. The standard InChI is InChI=1S/C23H16BrIN2O/c1-14-11-16(24)12-19-20(23(28)26-18-9-7-17(25)8-10-18)13-21(27-22(14)19)15-5-3-2-4-6-15/h2-13H,1H3,(H,26,28). The average molecular weight is 543 g/mol. The van der Waals surface area contributed by atoms with E-state index in [-0.39, 0.29) is 5.91 Å². The number of aromatic nitrogens is 1. The second-order valence-electron chi connectivity index (χ2n) is 6.50. The molecule has 1 aromatic heterocycles. The molecule has 0 bridgehead atoms. The van der Waals surface area contributed by atoms with E-state index in [1.807, 2.05) is 79.7 Å². The molecular formula is C23H16BrIN2O. The average Bonchev–Trinajstić information content (AvgIpc) is 2.69. The topological polar surface area (TPSA) is 42.0 Å². The molecule has 0 saturated carbocycles. The third-order valence-corrected chi connectivity index (χ3v) is 5.66. The molecule has 0 aliphatic heterocycles. The fraction of sp³-hybridized carbons (Fsp3) is 0.0435. The van der Waals surface area contributed by atoms with Gasteiger partial charge in [-0.1, -0.05) is 46.3 Å². The van der Waals surface area contributed by atoms with Crippen LogP contribution >= 0.6 is 38.5 Å². The Morgan fingerprint density at radius 2 is 1.71 bits per heavy atom. The molecule has 4 aromatic rings. The van der Waals surface area contributed by atoms with Gasteiger partial charge in [0.25, 0.3) is 5.91 Å². The number of fused-ring (bicyclic) bond motifs is 1. The van der Waals surface area contributed by atoms with Crippen LogP contribution in [0.1, 0.15) is 15.9 Å². The van der Waals surface area contributed by atoms with E-state index in [4.69, 9.17) is 4.98 Å². The zero-order valence-electron chi connectivity index (χ0n) is 15.0. The van der Waals surface area contributed by atoms with E-state index in [2.05, 4.69) is 43.8 Å². The number of pyridine rings is 1. The molecule has 1 amide bonds. The summed E-state index contributed by atoms with van der Waals surface area (Å²) in [5.41, 5.74) is 4.99. The fourth-order valence-corrected chi connectivity index (χ4v) is 4.06. The van der Waals surface area contributed by atoms with Gasteiger partial charge in [-0.2, -0.15) is 0 Å². The second kappa shape index (κ2) is 8.01. The molecule has 0 atom stereocenters. The van der Waals surface area contributed by atoms with Crippen LogP contribution in [0.15, 0.2) is 77.3 Å². The minimum Gasteiger partial charge on any atom is -0.322 e. The van der Waals surface area contributed by atoms with E-state index in [1.165, 1.54) is 0 Å². The lowest BCUT2D eigenvalue weighted by molar-refractivity contribution is 0.102. The molecule has 5 heteroatoms. The number of anilines is 1. The third kappa shape index (κ3) is 3.95. The van der Waals surface area contributed by atoms with Crippen LogP contribution in [-0.4, -0.2) is 10.9 Å². The Kier molecular flexibility index (Phi) is 5.46. The quantitative estimate of drug-likeness (QED) is 0.288. The number of amides is 1. The third-order valence-electron chi connectivity index (χ3n) is 4.49. The Morgan fingerprint density at radius 1 is 1.00 bits per heavy atom. The van der Waals surface area contributed by atoms with Crippen molar-refractivity contribution in [3.8, 4) is 11.3 Å². The minimum atomic E-state index is -0.150. The van der Waals surface area contributed by atoms with E-state index < -0.39 is 0 Å². The predicted molar refractivity (Wildman–Crippen MR) is 127 cm³/mol. The van der Waals surface area contributed by atoms with Gasteiger partial charge in [0.05, 0.1) is 16.8 Å². The lowest BCUT2D eigenvalue weighted by atomic mass is 10.0. The highest BCUT2D eigenvalue weighted by Gasteiger charge is 2.16. The molecule has 1 heterocycles. The first-order valence-electron chi connectivity index (χ1n) is 8.74. The van der Waals surface area contributed by atoms with Gasteiger partial charge in [0.1, 0.15) is 0 Å². The van der Waals surface area contributed by atoms with Crippen LogP contribution in [0.25, 0.3) is 22.2 Å². The number of nitrogens with one attached hydrogen (secondary N) is 1. The number of hydrogen-bond acceptors (Lipinski definition) is 2. The van der Waals surface area contributed by atoms with Gasteiger partial charge in [-0.05, 0) is 77.5 Å². The Hall–Kier alpha value is -2.25. The number of carbonyl (C=O) groups excluding carboxylic acids is 1. The number of nitrogens with zero attached hydrogens (tertiary/aromatic N) is 1. The lowest BCUT2D eigenvalue weighted by Crippen LogP contribution is -2.13. The maximum absolute atomic E-state index is 13.2. The van der Waals surface area contributed by atoms with Crippen molar-refractivity contribution in [1.82, 2.24) is 4.98 Å². The molecule has 0 radical (unpaired) electrons. The first-order chi connectivity index (χ1) is 13.5. The highest BCUT2D eigenvalue weighted by atomic mass is 127. The number of aryl methyl sites for hydroxylation is 1. The zero-order valence-corrected chi connectivity index (χ0v) is 18.8. The van der Waals surface area contributed by atoms with E-state index >= 15 is 0 Å². The van der Waals surface area contributed by atoms with Gasteiger partial charge < -0.3 is 5.32 Å². The summed E-state index contributed by atoms with van der Waals surface area (Å²) in [5.74, 6) is -0.150. The Balaban J connectivity index is 1.87. The summed E-state index contributed by atoms with van der Waals surface area (Å²) in [7, 11) is 0. The van der Waals surface area contributed by atoms with Gasteiger partial charge in [-0.25, -0.2) is 4.98 Å². The van der Waals surface area contributed by atoms with E-state index in [0.717, 1.165) is 41.5 Å². The van der Waals surface area contributed by atoms with Crippen LogP contribution in [0, 0.1) is 10.5 Å². The fourth-order valence-electron chi connectivity index (χ4n) is 3.13. The van der Waals surface area contributed by atoms with E-state index in [9.17, 15) is 4.79 Å². The highest BCUT2D eigenvalue weighted by Crippen LogP contribution is 2.30.